The average Bonchev–Trinajstić information content (AvgIpc) is 3.14. The molecule has 4 aromatic rings. The van der Waals surface area contributed by atoms with Gasteiger partial charge in [0, 0.05) is 5.56 Å². The van der Waals surface area contributed by atoms with Crippen LogP contribution in [0, 0.1) is 11.8 Å². The van der Waals surface area contributed by atoms with Gasteiger partial charge in [-0.2, -0.15) is 9.89 Å². The summed E-state index contributed by atoms with van der Waals surface area (Å²) in [7, 11) is 0. The van der Waals surface area contributed by atoms with E-state index in [4.69, 9.17) is 16.3 Å². The van der Waals surface area contributed by atoms with E-state index in [1.165, 1.54) is 6.07 Å². The van der Waals surface area contributed by atoms with E-state index in [9.17, 15) is 14.8 Å². The molecule has 8 heteroatoms. The Labute approximate surface area is 182 Å². The van der Waals surface area contributed by atoms with E-state index in [1.54, 1.807) is 32.0 Å². The molecule has 1 atom stereocenters. The van der Waals surface area contributed by atoms with Crippen LogP contribution in [0.4, 0.5) is 0 Å². The monoisotopic (exact) mass is 435 g/mol. The van der Waals surface area contributed by atoms with Crippen molar-refractivity contribution in [1.82, 2.24) is 9.97 Å². The Morgan fingerprint density at radius 1 is 1.16 bits per heavy atom. The highest BCUT2D eigenvalue weighted by Crippen LogP contribution is 2.34. The van der Waals surface area contributed by atoms with Crippen molar-refractivity contribution in [2.45, 2.75) is 19.9 Å². The highest BCUT2D eigenvalue weighted by molar-refractivity contribution is 6.34. The van der Waals surface area contributed by atoms with Crippen LogP contribution >= 0.6 is 11.6 Å². The first kappa shape index (κ1) is 20.6. The summed E-state index contributed by atoms with van der Waals surface area (Å²) in [5.74, 6) is -0.657. The minimum atomic E-state index is -1.02. The first-order chi connectivity index (χ1) is 14.9. The van der Waals surface area contributed by atoms with Crippen molar-refractivity contribution in [2.75, 3.05) is 0 Å². The number of imidazole rings is 1. The van der Waals surface area contributed by atoms with Crippen molar-refractivity contribution in [2.24, 2.45) is 5.18 Å². The van der Waals surface area contributed by atoms with Gasteiger partial charge in [-0.1, -0.05) is 47.1 Å². The first-order valence-corrected chi connectivity index (χ1v) is 9.87. The standard InChI is InChI=1S/C23H18ClN3O4/c1-12-3-8-16(9-17(12)22(28)29)31-23-25-20-10-18(19(24)11-21(20)26-23)15-6-4-14(5-7-15)13(2)27-30/h3-11,13H,1-2H3,(H,25,26)(H,28,29). The SMILES string of the molecule is Cc1ccc(Oc2nc3cc(-c4ccc(C(C)N=O)cc4)c(Cl)cc3[nH]2)cc1C(=O)O. The molecule has 0 amide bonds. The number of carboxylic acids is 1. The van der Waals surface area contributed by atoms with Crippen LogP contribution in [0.2, 0.25) is 5.02 Å². The Hall–Kier alpha value is -3.71. The maximum absolute atomic E-state index is 11.3. The summed E-state index contributed by atoms with van der Waals surface area (Å²) in [6.45, 7) is 3.46. The highest BCUT2D eigenvalue weighted by atomic mass is 35.5. The largest absolute Gasteiger partial charge is 0.478 e. The van der Waals surface area contributed by atoms with Crippen LogP contribution in [-0.2, 0) is 0 Å². The number of fused-ring (bicyclic) bond motifs is 1. The lowest BCUT2D eigenvalue weighted by Crippen LogP contribution is -2.00. The molecule has 0 aliphatic rings. The second-order valence-corrected chi connectivity index (χ2v) is 7.59. The molecule has 0 spiro atoms. The maximum atomic E-state index is 11.3. The Bertz CT molecular complexity index is 1300. The van der Waals surface area contributed by atoms with Crippen LogP contribution in [0.1, 0.15) is 34.5 Å². The van der Waals surface area contributed by atoms with Gasteiger partial charge >= 0.3 is 5.97 Å². The van der Waals surface area contributed by atoms with Crippen molar-refractivity contribution in [3.8, 4) is 22.9 Å². The fraction of sp³-hybridized carbons (Fsp3) is 0.130. The van der Waals surface area contributed by atoms with Gasteiger partial charge in [-0.3, -0.25) is 0 Å². The second-order valence-electron chi connectivity index (χ2n) is 7.18. The van der Waals surface area contributed by atoms with Gasteiger partial charge in [0.25, 0.3) is 6.01 Å². The van der Waals surface area contributed by atoms with Crippen molar-refractivity contribution >= 4 is 28.6 Å². The Kier molecular flexibility index (Phi) is 5.44. The number of nitrogens with zero attached hydrogens (tertiary/aromatic N) is 2. The van der Waals surface area contributed by atoms with E-state index >= 15 is 0 Å². The average molecular weight is 436 g/mol. The smallest absolute Gasteiger partial charge is 0.336 e. The number of halogens is 1. The molecular formula is C23H18ClN3O4. The molecule has 3 aromatic carbocycles. The highest BCUT2D eigenvalue weighted by Gasteiger charge is 2.13. The molecule has 0 radical (unpaired) electrons. The molecule has 1 heterocycles. The van der Waals surface area contributed by atoms with Crippen LogP contribution < -0.4 is 4.74 Å². The number of aromatic amines is 1. The summed E-state index contributed by atoms with van der Waals surface area (Å²) in [5.41, 5.74) is 4.63. The Morgan fingerprint density at radius 2 is 1.90 bits per heavy atom. The normalized spacial score (nSPS) is 12.0. The van der Waals surface area contributed by atoms with Crippen LogP contribution in [0.25, 0.3) is 22.2 Å². The van der Waals surface area contributed by atoms with Crippen molar-refractivity contribution in [1.29, 1.82) is 0 Å². The number of nitroso groups, excluding NO2 is 1. The summed E-state index contributed by atoms with van der Waals surface area (Å²) >= 11 is 6.49. The lowest BCUT2D eigenvalue weighted by Gasteiger charge is -2.07. The van der Waals surface area contributed by atoms with Gasteiger partial charge in [0.1, 0.15) is 11.8 Å². The third-order valence-corrected chi connectivity index (χ3v) is 5.38. The number of carboxylic acid groups (broad SMARTS) is 1. The van der Waals surface area contributed by atoms with Crippen LogP contribution in [-0.4, -0.2) is 21.0 Å². The molecule has 1 unspecified atom stereocenters. The molecule has 0 saturated carbocycles. The zero-order valence-electron chi connectivity index (χ0n) is 16.7. The maximum Gasteiger partial charge on any atom is 0.336 e. The third-order valence-electron chi connectivity index (χ3n) is 5.07. The predicted molar refractivity (Wildman–Crippen MR) is 119 cm³/mol. The van der Waals surface area contributed by atoms with Crippen molar-refractivity contribution in [3.63, 3.8) is 0 Å². The van der Waals surface area contributed by atoms with Gasteiger partial charge in [0.2, 0.25) is 0 Å². The number of ether oxygens (including phenoxy) is 1. The number of hydrogen-bond donors (Lipinski definition) is 2. The lowest BCUT2D eigenvalue weighted by atomic mass is 10.0. The third kappa shape index (κ3) is 4.13. The second kappa shape index (κ2) is 8.20. The number of hydrogen-bond acceptors (Lipinski definition) is 5. The molecule has 0 aliphatic heterocycles. The minimum absolute atomic E-state index is 0.168. The molecule has 0 saturated heterocycles. The van der Waals surface area contributed by atoms with Crippen molar-refractivity contribution < 1.29 is 14.6 Å². The fourth-order valence-electron chi connectivity index (χ4n) is 3.29. The number of nitrogens with one attached hydrogen (secondary N) is 1. The van der Waals surface area contributed by atoms with Gasteiger partial charge in [0.05, 0.1) is 21.6 Å². The van der Waals surface area contributed by atoms with E-state index in [-0.39, 0.29) is 11.6 Å². The number of aromatic nitrogens is 2. The van der Waals surface area contributed by atoms with E-state index < -0.39 is 12.0 Å². The number of aryl methyl sites for hydroxylation is 1. The molecule has 156 valence electrons. The summed E-state index contributed by atoms with van der Waals surface area (Å²) in [4.78, 5) is 29.6. The summed E-state index contributed by atoms with van der Waals surface area (Å²) in [6.07, 6.45) is 0. The summed E-state index contributed by atoms with van der Waals surface area (Å²) in [5, 5.41) is 12.9. The lowest BCUT2D eigenvalue weighted by molar-refractivity contribution is 0.0695. The number of aromatic carboxylic acids is 1. The van der Waals surface area contributed by atoms with Gasteiger partial charge in [-0.25, -0.2) is 4.79 Å². The summed E-state index contributed by atoms with van der Waals surface area (Å²) in [6, 6.07) is 15.7. The van der Waals surface area contributed by atoms with Gasteiger partial charge in [-0.15, -0.1) is 0 Å². The van der Waals surface area contributed by atoms with E-state index in [1.807, 2.05) is 30.3 Å². The van der Waals surface area contributed by atoms with Crippen molar-refractivity contribution in [3.05, 3.63) is 81.2 Å². The first-order valence-electron chi connectivity index (χ1n) is 9.49. The Balaban J connectivity index is 1.65. The summed E-state index contributed by atoms with van der Waals surface area (Å²) < 4.78 is 5.74. The number of rotatable bonds is 6. The Morgan fingerprint density at radius 3 is 2.58 bits per heavy atom. The molecule has 0 aliphatic carbocycles. The molecule has 1 aromatic heterocycles. The van der Waals surface area contributed by atoms with Crippen LogP contribution in [0.3, 0.4) is 0 Å². The zero-order chi connectivity index (χ0) is 22.1. The van der Waals surface area contributed by atoms with Gasteiger partial charge in [0.15, 0.2) is 0 Å². The van der Waals surface area contributed by atoms with E-state index in [2.05, 4.69) is 15.1 Å². The van der Waals surface area contributed by atoms with Gasteiger partial charge < -0.3 is 14.8 Å². The molecule has 0 bridgehead atoms. The fourth-order valence-corrected chi connectivity index (χ4v) is 3.56. The molecule has 0 fully saturated rings. The quantitative estimate of drug-likeness (QED) is 0.336. The van der Waals surface area contributed by atoms with Gasteiger partial charge in [-0.05, 0) is 54.8 Å². The van der Waals surface area contributed by atoms with E-state index in [0.717, 1.165) is 16.7 Å². The predicted octanol–water partition coefficient (Wildman–Crippen LogP) is 6.51. The molecule has 2 N–H and O–H groups in total. The molecule has 7 nitrogen and oxygen atoms in total. The number of carbonyl (C=O) groups is 1. The number of H-pyrrole nitrogens is 1. The number of benzene rings is 3. The minimum Gasteiger partial charge on any atom is -0.478 e. The molecule has 4 rings (SSSR count). The molecular weight excluding hydrogens is 418 g/mol. The zero-order valence-corrected chi connectivity index (χ0v) is 17.5. The van der Waals surface area contributed by atoms with E-state index in [0.29, 0.717) is 27.4 Å². The molecule has 31 heavy (non-hydrogen) atoms. The van der Waals surface area contributed by atoms with Crippen LogP contribution in [0.15, 0.2) is 59.8 Å². The van der Waals surface area contributed by atoms with Crippen LogP contribution in [0.5, 0.6) is 11.8 Å². The topological polar surface area (TPSA) is 105 Å².